The van der Waals surface area contributed by atoms with Gasteiger partial charge in [-0.15, -0.1) is 0 Å². The number of ether oxygens (including phenoxy) is 2. The first-order chi connectivity index (χ1) is 16.0. The summed E-state index contributed by atoms with van der Waals surface area (Å²) in [5.41, 5.74) is 1.19. The van der Waals surface area contributed by atoms with Crippen LogP contribution in [0.3, 0.4) is 0 Å². The molecule has 1 N–H and O–H groups in total. The number of nitrogens with zero attached hydrogens (tertiary/aromatic N) is 2. The lowest BCUT2D eigenvalue weighted by Crippen LogP contribution is -2.69. The number of hydrogen-bond acceptors (Lipinski definition) is 6. The number of aryl methyl sites for hydroxylation is 1. The molecule has 10 heteroatoms. The first-order valence-corrected chi connectivity index (χ1v) is 12.6. The van der Waals surface area contributed by atoms with Crippen LogP contribution in [0.5, 0.6) is 11.5 Å². The number of sulfonamides is 1. The Morgan fingerprint density at radius 1 is 1.12 bits per heavy atom. The van der Waals surface area contributed by atoms with Gasteiger partial charge in [0.15, 0.2) is 0 Å². The van der Waals surface area contributed by atoms with Gasteiger partial charge in [0, 0.05) is 18.7 Å². The minimum Gasteiger partial charge on any atom is -0.497 e. The molecule has 1 aliphatic rings. The van der Waals surface area contributed by atoms with Gasteiger partial charge in [-0.05, 0) is 37.6 Å². The summed E-state index contributed by atoms with van der Waals surface area (Å²) in [6, 6.07) is 12.9. The first kappa shape index (κ1) is 25.5. The molecular formula is C24H31N3O6S. The van der Waals surface area contributed by atoms with E-state index in [2.05, 4.69) is 5.32 Å². The lowest BCUT2D eigenvalue weighted by Gasteiger charge is -2.46. The number of amides is 2. The summed E-state index contributed by atoms with van der Waals surface area (Å²) in [7, 11) is -0.646. The molecule has 1 fully saturated rings. The minimum absolute atomic E-state index is 0.0469. The van der Waals surface area contributed by atoms with Crippen LogP contribution in [0.1, 0.15) is 23.6 Å². The van der Waals surface area contributed by atoms with E-state index in [9.17, 15) is 18.0 Å². The fourth-order valence-electron chi connectivity index (χ4n) is 3.94. The standard InChI is InChI=1S/C24H31N3O6S/c1-17-6-8-18(9-7-17)13-25-23(29)24(2)16-26(34(5,30)31)15-22(28)27(24)14-19-12-20(32-3)10-11-21(19)33-4/h6-12H,13-16H2,1-5H3,(H,25,29)/t24-/m0/s1. The highest BCUT2D eigenvalue weighted by atomic mass is 32.2. The average molecular weight is 490 g/mol. The van der Waals surface area contributed by atoms with Crippen molar-refractivity contribution in [2.24, 2.45) is 0 Å². The van der Waals surface area contributed by atoms with Gasteiger partial charge in [0.25, 0.3) is 0 Å². The molecule has 0 aromatic heterocycles. The zero-order valence-corrected chi connectivity index (χ0v) is 20.9. The summed E-state index contributed by atoms with van der Waals surface area (Å²) in [4.78, 5) is 28.1. The fourth-order valence-corrected chi connectivity index (χ4v) is 4.77. The fraction of sp³-hybridized carbons (Fsp3) is 0.417. The number of nitrogens with one attached hydrogen (secondary N) is 1. The number of rotatable bonds is 8. The lowest BCUT2D eigenvalue weighted by molar-refractivity contribution is -0.153. The Morgan fingerprint density at radius 2 is 1.79 bits per heavy atom. The van der Waals surface area contributed by atoms with Crippen LogP contribution in [0, 0.1) is 6.92 Å². The molecule has 2 aromatic rings. The Hall–Kier alpha value is -3.11. The predicted molar refractivity (Wildman–Crippen MR) is 128 cm³/mol. The summed E-state index contributed by atoms with van der Waals surface area (Å²) in [6.07, 6.45) is 1.03. The number of methoxy groups -OCH3 is 2. The number of carbonyl (C=O) groups excluding carboxylic acids is 2. The topological polar surface area (TPSA) is 105 Å². The third-order valence-corrected chi connectivity index (χ3v) is 7.24. The zero-order chi connectivity index (χ0) is 25.1. The van der Waals surface area contributed by atoms with Gasteiger partial charge >= 0.3 is 0 Å². The molecule has 2 amide bonds. The van der Waals surface area contributed by atoms with Crippen LogP contribution in [0.4, 0.5) is 0 Å². The maximum absolute atomic E-state index is 13.5. The third-order valence-electron chi connectivity index (χ3n) is 6.04. The smallest absolute Gasteiger partial charge is 0.247 e. The third kappa shape index (κ3) is 5.51. The highest BCUT2D eigenvalue weighted by Crippen LogP contribution is 2.31. The van der Waals surface area contributed by atoms with E-state index < -0.39 is 27.4 Å². The molecule has 0 saturated carbocycles. The van der Waals surface area contributed by atoms with Crippen LogP contribution in [0.15, 0.2) is 42.5 Å². The number of hydrogen-bond donors (Lipinski definition) is 1. The van der Waals surface area contributed by atoms with Crippen LogP contribution in [0.2, 0.25) is 0 Å². The molecule has 184 valence electrons. The predicted octanol–water partition coefficient (Wildman–Crippen LogP) is 1.69. The molecule has 9 nitrogen and oxygen atoms in total. The van der Waals surface area contributed by atoms with Crippen LogP contribution < -0.4 is 14.8 Å². The Labute approximate surface area is 200 Å². The normalized spacial score (nSPS) is 19.1. The van der Waals surface area contributed by atoms with Gasteiger partial charge in [-0.1, -0.05) is 29.8 Å². The second-order valence-electron chi connectivity index (χ2n) is 8.63. The highest BCUT2D eigenvalue weighted by Gasteiger charge is 2.49. The van der Waals surface area contributed by atoms with Gasteiger partial charge in [0.05, 0.1) is 33.6 Å². The van der Waals surface area contributed by atoms with Crippen molar-refractivity contribution in [1.29, 1.82) is 0 Å². The van der Waals surface area contributed by atoms with E-state index in [1.165, 1.54) is 19.1 Å². The Kier molecular flexibility index (Phi) is 7.52. The van der Waals surface area contributed by atoms with Crippen molar-refractivity contribution in [1.82, 2.24) is 14.5 Å². The molecule has 0 radical (unpaired) electrons. The molecule has 2 aromatic carbocycles. The molecule has 34 heavy (non-hydrogen) atoms. The van der Waals surface area contributed by atoms with Crippen molar-refractivity contribution in [2.75, 3.05) is 33.6 Å². The van der Waals surface area contributed by atoms with Crippen LogP contribution in [0.25, 0.3) is 0 Å². The SMILES string of the molecule is COc1ccc(OC)c(CN2C(=O)CN(S(C)(=O)=O)C[C@@]2(C)C(=O)NCc2ccc(C)cc2)c1. The van der Waals surface area contributed by atoms with Gasteiger partial charge in [-0.25, -0.2) is 8.42 Å². The van der Waals surface area contributed by atoms with Crippen molar-refractivity contribution >= 4 is 21.8 Å². The summed E-state index contributed by atoms with van der Waals surface area (Å²) in [5, 5.41) is 2.88. The van der Waals surface area contributed by atoms with Crippen molar-refractivity contribution in [3.05, 3.63) is 59.2 Å². The summed E-state index contributed by atoms with van der Waals surface area (Å²) < 4.78 is 36.4. The van der Waals surface area contributed by atoms with E-state index in [0.717, 1.165) is 21.7 Å². The number of benzene rings is 2. The lowest BCUT2D eigenvalue weighted by atomic mass is 9.94. The Morgan fingerprint density at radius 3 is 2.38 bits per heavy atom. The quantitative estimate of drug-likeness (QED) is 0.605. The largest absolute Gasteiger partial charge is 0.497 e. The Balaban J connectivity index is 1.94. The summed E-state index contributed by atoms with van der Waals surface area (Å²) in [6.45, 7) is 3.35. The van der Waals surface area contributed by atoms with Crippen molar-refractivity contribution < 1.29 is 27.5 Å². The van der Waals surface area contributed by atoms with Crippen molar-refractivity contribution in [3.8, 4) is 11.5 Å². The molecule has 0 bridgehead atoms. The molecule has 0 unspecified atom stereocenters. The molecule has 1 aliphatic heterocycles. The van der Waals surface area contributed by atoms with Gasteiger partial charge in [0.2, 0.25) is 21.8 Å². The van der Waals surface area contributed by atoms with Gasteiger partial charge < -0.3 is 19.7 Å². The summed E-state index contributed by atoms with van der Waals surface area (Å²) >= 11 is 0. The molecule has 0 aliphatic carbocycles. The van der Waals surface area contributed by atoms with E-state index in [1.54, 1.807) is 25.1 Å². The molecular weight excluding hydrogens is 458 g/mol. The van der Waals surface area contributed by atoms with Gasteiger partial charge in [0.1, 0.15) is 17.0 Å². The Bertz CT molecular complexity index is 1170. The van der Waals surface area contributed by atoms with Crippen LogP contribution >= 0.6 is 0 Å². The van der Waals surface area contributed by atoms with E-state index >= 15 is 0 Å². The second-order valence-corrected chi connectivity index (χ2v) is 10.6. The van der Waals surface area contributed by atoms with E-state index in [0.29, 0.717) is 17.1 Å². The van der Waals surface area contributed by atoms with E-state index in [4.69, 9.17) is 9.47 Å². The van der Waals surface area contributed by atoms with E-state index in [-0.39, 0.29) is 26.2 Å². The maximum atomic E-state index is 13.5. The number of carbonyl (C=O) groups is 2. The molecule has 0 spiro atoms. The van der Waals surface area contributed by atoms with Crippen molar-refractivity contribution in [2.45, 2.75) is 32.5 Å². The van der Waals surface area contributed by atoms with Crippen molar-refractivity contribution in [3.63, 3.8) is 0 Å². The highest BCUT2D eigenvalue weighted by molar-refractivity contribution is 7.88. The number of piperazine rings is 1. The second kappa shape index (κ2) is 10.0. The van der Waals surface area contributed by atoms with Crippen LogP contribution in [-0.2, 0) is 32.7 Å². The molecule has 1 saturated heterocycles. The molecule has 1 atom stereocenters. The van der Waals surface area contributed by atoms with Gasteiger partial charge in [-0.2, -0.15) is 4.31 Å². The van der Waals surface area contributed by atoms with Crippen LogP contribution in [-0.4, -0.2) is 68.5 Å². The minimum atomic E-state index is -3.69. The maximum Gasteiger partial charge on any atom is 0.247 e. The average Bonchev–Trinajstić information content (AvgIpc) is 2.79. The van der Waals surface area contributed by atoms with E-state index in [1.807, 2.05) is 31.2 Å². The molecule has 3 rings (SSSR count). The molecule has 1 heterocycles. The monoisotopic (exact) mass is 489 g/mol. The summed E-state index contributed by atoms with van der Waals surface area (Å²) in [5.74, 6) is 0.177. The zero-order valence-electron chi connectivity index (χ0n) is 20.1. The van der Waals surface area contributed by atoms with Gasteiger partial charge in [-0.3, -0.25) is 9.59 Å². The first-order valence-electron chi connectivity index (χ1n) is 10.8.